The summed E-state index contributed by atoms with van der Waals surface area (Å²) in [4.78, 5) is 30.0. The van der Waals surface area contributed by atoms with Gasteiger partial charge in [0.2, 0.25) is 5.91 Å². The third-order valence-corrected chi connectivity index (χ3v) is 4.04. The van der Waals surface area contributed by atoms with E-state index < -0.39 is 5.97 Å². The number of ether oxygens (including phenoxy) is 1. The standard InChI is InChI=1S/C18H20N2O4/c1-12(2)17-16(19-11-24-17)18(22)23-10-13-8-15(21)20(9-13)14-6-4-3-5-7-14/h3-7,11-13H,8-10H2,1-2H3/t13-/m0/s1. The second kappa shape index (κ2) is 6.86. The van der Waals surface area contributed by atoms with E-state index in [2.05, 4.69) is 4.98 Å². The Morgan fingerprint density at radius 1 is 1.38 bits per heavy atom. The molecule has 6 heteroatoms. The van der Waals surface area contributed by atoms with Crippen molar-refractivity contribution in [3.05, 3.63) is 48.2 Å². The van der Waals surface area contributed by atoms with Gasteiger partial charge in [-0.1, -0.05) is 32.0 Å². The van der Waals surface area contributed by atoms with Crippen LogP contribution in [-0.4, -0.2) is 30.0 Å². The number of anilines is 1. The summed E-state index contributed by atoms with van der Waals surface area (Å²) in [7, 11) is 0. The highest BCUT2D eigenvalue weighted by molar-refractivity contribution is 5.95. The molecular weight excluding hydrogens is 308 g/mol. The van der Waals surface area contributed by atoms with Crippen LogP contribution in [0.4, 0.5) is 5.69 Å². The van der Waals surface area contributed by atoms with Crippen molar-refractivity contribution < 1.29 is 18.7 Å². The van der Waals surface area contributed by atoms with Crippen molar-refractivity contribution >= 4 is 17.6 Å². The molecule has 1 aliphatic rings. The molecule has 126 valence electrons. The van der Waals surface area contributed by atoms with Crippen LogP contribution in [0, 0.1) is 5.92 Å². The van der Waals surface area contributed by atoms with Crippen molar-refractivity contribution in [3.8, 4) is 0 Å². The van der Waals surface area contributed by atoms with Crippen molar-refractivity contribution in [1.82, 2.24) is 4.98 Å². The van der Waals surface area contributed by atoms with Gasteiger partial charge in [-0.3, -0.25) is 4.79 Å². The van der Waals surface area contributed by atoms with Crippen molar-refractivity contribution in [2.75, 3.05) is 18.1 Å². The molecule has 1 fully saturated rings. The summed E-state index contributed by atoms with van der Waals surface area (Å²) < 4.78 is 10.6. The predicted octanol–water partition coefficient (Wildman–Crippen LogP) is 3.01. The number of benzene rings is 1. The van der Waals surface area contributed by atoms with E-state index in [9.17, 15) is 9.59 Å². The second-order valence-corrected chi connectivity index (χ2v) is 6.23. The highest BCUT2D eigenvalue weighted by Crippen LogP contribution is 2.25. The molecule has 1 atom stereocenters. The van der Waals surface area contributed by atoms with Gasteiger partial charge >= 0.3 is 5.97 Å². The maximum atomic E-state index is 12.2. The molecule has 0 aliphatic carbocycles. The van der Waals surface area contributed by atoms with E-state index >= 15 is 0 Å². The molecule has 0 saturated carbocycles. The molecule has 24 heavy (non-hydrogen) atoms. The number of carbonyl (C=O) groups excluding carboxylic acids is 2. The topological polar surface area (TPSA) is 72.6 Å². The highest BCUT2D eigenvalue weighted by Gasteiger charge is 2.32. The van der Waals surface area contributed by atoms with Gasteiger partial charge in [0.25, 0.3) is 0 Å². The summed E-state index contributed by atoms with van der Waals surface area (Å²) >= 11 is 0. The molecule has 6 nitrogen and oxygen atoms in total. The number of rotatable bonds is 5. The minimum Gasteiger partial charge on any atom is -0.460 e. The molecular formula is C18H20N2O4. The lowest BCUT2D eigenvalue weighted by Gasteiger charge is -2.16. The maximum absolute atomic E-state index is 12.2. The first-order valence-electron chi connectivity index (χ1n) is 8.02. The van der Waals surface area contributed by atoms with Gasteiger partial charge in [-0.2, -0.15) is 0 Å². The zero-order valence-corrected chi connectivity index (χ0v) is 13.8. The molecule has 0 unspecified atom stereocenters. The summed E-state index contributed by atoms with van der Waals surface area (Å²) in [5.41, 5.74) is 1.09. The Balaban J connectivity index is 1.59. The van der Waals surface area contributed by atoms with Crippen molar-refractivity contribution in [1.29, 1.82) is 0 Å². The normalized spacial score (nSPS) is 17.5. The molecule has 3 rings (SSSR count). The summed E-state index contributed by atoms with van der Waals surface area (Å²) in [5.74, 6) is 0.103. The smallest absolute Gasteiger partial charge is 0.360 e. The van der Waals surface area contributed by atoms with Gasteiger partial charge in [-0.25, -0.2) is 9.78 Å². The highest BCUT2D eigenvalue weighted by atomic mass is 16.5. The van der Waals surface area contributed by atoms with Crippen LogP contribution in [0.3, 0.4) is 0 Å². The van der Waals surface area contributed by atoms with Gasteiger partial charge < -0.3 is 14.1 Å². The lowest BCUT2D eigenvalue weighted by molar-refractivity contribution is -0.117. The van der Waals surface area contributed by atoms with E-state index in [1.54, 1.807) is 4.90 Å². The van der Waals surface area contributed by atoms with Gasteiger partial charge in [0.15, 0.2) is 12.1 Å². The minimum atomic E-state index is -0.502. The Bertz CT molecular complexity index is 724. The SMILES string of the molecule is CC(C)c1ocnc1C(=O)OC[C@H]1CC(=O)N(c2ccccc2)C1. The number of nitrogens with zero attached hydrogens (tertiary/aromatic N) is 2. The molecule has 2 aromatic rings. The van der Waals surface area contributed by atoms with Crippen molar-refractivity contribution in [3.63, 3.8) is 0 Å². The maximum Gasteiger partial charge on any atom is 0.360 e. The second-order valence-electron chi connectivity index (χ2n) is 6.23. The number of hydrogen-bond acceptors (Lipinski definition) is 5. The molecule has 1 aromatic heterocycles. The van der Waals surface area contributed by atoms with Crippen molar-refractivity contribution in [2.24, 2.45) is 5.92 Å². The van der Waals surface area contributed by atoms with E-state index in [4.69, 9.17) is 9.15 Å². The summed E-state index contributed by atoms with van der Waals surface area (Å²) in [6, 6.07) is 9.50. The number of carbonyl (C=O) groups is 2. The Morgan fingerprint density at radius 3 is 2.83 bits per heavy atom. The number of hydrogen-bond donors (Lipinski definition) is 0. The van der Waals surface area contributed by atoms with Crippen LogP contribution in [0.1, 0.15) is 42.4 Å². The van der Waals surface area contributed by atoms with E-state index in [0.717, 1.165) is 5.69 Å². The molecule has 2 heterocycles. The van der Waals surface area contributed by atoms with Crippen LogP contribution in [0.25, 0.3) is 0 Å². The summed E-state index contributed by atoms with van der Waals surface area (Å²) in [6.45, 7) is 4.58. The van der Waals surface area contributed by atoms with Gasteiger partial charge in [-0.15, -0.1) is 0 Å². The fraction of sp³-hybridized carbons (Fsp3) is 0.389. The molecule has 0 radical (unpaired) electrons. The lowest BCUT2D eigenvalue weighted by Crippen LogP contribution is -2.25. The first-order chi connectivity index (χ1) is 11.6. The molecule has 1 aliphatic heterocycles. The summed E-state index contributed by atoms with van der Waals surface area (Å²) in [6.07, 6.45) is 1.63. The number of amides is 1. The van der Waals surface area contributed by atoms with Gasteiger partial charge in [-0.05, 0) is 12.1 Å². The van der Waals surface area contributed by atoms with Gasteiger partial charge in [0.05, 0.1) is 6.61 Å². The number of para-hydroxylation sites is 1. The molecule has 0 bridgehead atoms. The number of esters is 1. The van der Waals surface area contributed by atoms with Crippen LogP contribution in [-0.2, 0) is 9.53 Å². The van der Waals surface area contributed by atoms with E-state index in [-0.39, 0.29) is 30.0 Å². The first kappa shape index (κ1) is 16.2. The average Bonchev–Trinajstić information content (AvgIpc) is 3.20. The average molecular weight is 328 g/mol. The largest absolute Gasteiger partial charge is 0.460 e. The lowest BCUT2D eigenvalue weighted by atomic mass is 10.1. The number of aromatic nitrogens is 1. The van der Waals surface area contributed by atoms with Gasteiger partial charge in [0, 0.05) is 30.5 Å². The van der Waals surface area contributed by atoms with Crippen LogP contribution in [0.5, 0.6) is 0 Å². The molecule has 1 amide bonds. The zero-order chi connectivity index (χ0) is 17.1. The first-order valence-corrected chi connectivity index (χ1v) is 8.02. The molecule has 0 N–H and O–H groups in total. The minimum absolute atomic E-state index is 0.0175. The van der Waals surface area contributed by atoms with E-state index in [1.807, 2.05) is 44.2 Å². The molecule has 1 saturated heterocycles. The Kier molecular flexibility index (Phi) is 4.64. The zero-order valence-electron chi connectivity index (χ0n) is 13.8. The monoisotopic (exact) mass is 328 g/mol. The predicted molar refractivity (Wildman–Crippen MR) is 87.8 cm³/mol. The Labute approximate surface area is 140 Å². The van der Waals surface area contributed by atoms with Crippen LogP contribution in [0.15, 0.2) is 41.1 Å². The van der Waals surface area contributed by atoms with Crippen LogP contribution in [0.2, 0.25) is 0 Å². The van der Waals surface area contributed by atoms with E-state index in [1.165, 1.54) is 6.39 Å². The van der Waals surface area contributed by atoms with E-state index in [0.29, 0.717) is 18.7 Å². The molecule has 0 spiro atoms. The quantitative estimate of drug-likeness (QED) is 0.789. The number of oxazole rings is 1. The molecule has 1 aromatic carbocycles. The fourth-order valence-corrected chi connectivity index (χ4v) is 2.83. The fourth-order valence-electron chi connectivity index (χ4n) is 2.83. The van der Waals surface area contributed by atoms with Crippen molar-refractivity contribution in [2.45, 2.75) is 26.2 Å². The third-order valence-electron chi connectivity index (χ3n) is 4.04. The Hall–Kier alpha value is -2.63. The van der Waals surface area contributed by atoms with Gasteiger partial charge in [0.1, 0.15) is 5.76 Å². The summed E-state index contributed by atoms with van der Waals surface area (Å²) in [5, 5.41) is 0. The van der Waals surface area contributed by atoms with Crippen LogP contribution >= 0.6 is 0 Å². The van der Waals surface area contributed by atoms with Crippen LogP contribution < -0.4 is 4.90 Å². The third kappa shape index (κ3) is 3.32. The Morgan fingerprint density at radius 2 is 2.12 bits per heavy atom.